The second-order valence-corrected chi connectivity index (χ2v) is 3.96. The Morgan fingerprint density at radius 1 is 1.25 bits per heavy atom. The van der Waals surface area contributed by atoms with Gasteiger partial charge in [-0.3, -0.25) is 0 Å². The first-order valence-electron chi connectivity index (χ1n) is 4.48. The molecule has 2 rings (SSSR count). The van der Waals surface area contributed by atoms with Gasteiger partial charge >= 0.3 is 0 Å². The van der Waals surface area contributed by atoms with Gasteiger partial charge in [0.15, 0.2) is 0 Å². The van der Waals surface area contributed by atoms with Crippen molar-refractivity contribution in [3.63, 3.8) is 0 Å². The Bertz CT molecular complexity index is 327. The van der Waals surface area contributed by atoms with Crippen molar-refractivity contribution < 1.29 is 0 Å². The molecule has 0 saturated carbocycles. The summed E-state index contributed by atoms with van der Waals surface area (Å²) in [7, 11) is 1.28. The van der Waals surface area contributed by atoms with Crippen molar-refractivity contribution in [1.29, 1.82) is 0 Å². The molecule has 2 aliphatic rings. The molecule has 0 unspecified atom stereocenters. The van der Waals surface area contributed by atoms with E-state index in [-0.39, 0.29) is 0 Å². The van der Waals surface area contributed by atoms with E-state index in [0.29, 0.717) is 0 Å². The number of hydrogen-bond acceptors (Lipinski definition) is 0. The van der Waals surface area contributed by atoms with Gasteiger partial charge in [0.05, 0.1) is 0 Å². The van der Waals surface area contributed by atoms with Gasteiger partial charge in [0.25, 0.3) is 0 Å². The van der Waals surface area contributed by atoms with Crippen molar-refractivity contribution in [2.45, 2.75) is 26.7 Å². The minimum absolute atomic E-state index is 1.12. The maximum absolute atomic E-state index is 3.42. The van der Waals surface area contributed by atoms with Crippen LogP contribution in [0.1, 0.15) is 26.7 Å². The molecule has 0 spiro atoms. The Balaban J connectivity index is 2.43. The Hall–Kier alpha value is -0.610. The molecule has 12 heavy (non-hydrogen) atoms. The Morgan fingerprint density at radius 3 is 2.75 bits per heavy atom. The summed E-state index contributed by atoms with van der Waals surface area (Å²) >= 11 is 0. The third kappa shape index (κ3) is 1.03. The van der Waals surface area contributed by atoms with Gasteiger partial charge in [-0.1, -0.05) is 28.1 Å². The zero-order valence-corrected chi connectivity index (χ0v) is 8.41. The maximum Gasteiger partial charge on any atom is 0.0184 e. The van der Waals surface area contributed by atoms with Gasteiger partial charge in [-0.15, -0.1) is 0 Å². The maximum atomic E-state index is 3.42. The fourth-order valence-electron chi connectivity index (χ4n) is 1.69. The van der Waals surface area contributed by atoms with E-state index < -0.39 is 0 Å². The van der Waals surface area contributed by atoms with E-state index in [1.807, 2.05) is 0 Å². The third-order valence-corrected chi connectivity index (χ3v) is 3.36. The Kier molecular flexibility index (Phi) is 2.02. The summed E-state index contributed by atoms with van der Waals surface area (Å²) in [5.41, 5.74) is 4.43. The second-order valence-electron chi connectivity index (χ2n) is 3.03. The van der Waals surface area contributed by atoms with Crippen LogP contribution in [0.5, 0.6) is 0 Å². The van der Waals surface area contributed by atoms with Crippen LogP contribution in [0.2, 0.25) is 0 Å². The van der Waals surface area contributed by atoms with Gasteiger partial charge in [-0.25, -0.2) is 0 Å². The fourth-order valence-corrected chi connectivity index (χ4v) is 2.75. The molecule has 0 saturated heterocycles. The van der Waals surface area contributed by atoms with Gasteiger partial charge in [0.2, 0.25) is 0 Å². The van der Waals surface area contributed by atoms with Crippen LogP contribution >= 0.6 is 8.20 Å². The van der Waals surface area contributed by atoms with E-state index in [1.165, 1.54) is 30.2 Å². The standard InChI is InChI=1S/C11H12P/c1-3-8-5-6-10-11(8)9(4-2)7-12-10/h5-6H,3-4H2,1-2H3. The molecule has 0 aromatic carbocycles. The molecule has 0 amide bonds. The van der Waals surface area contributed by atoms with E-state index >= 15 is 0 Å². The fraction of sp³-hybridized carbons (Fsp3) is 0.364. The highest BCUT2D eigenvalue weighted by Gasteiger charge is 2.20. The topological polar surface area (TPSA) is 0 Å². The molecule has 0 fully saturated rings. The lowest BCUT2D eigenvalue weighted by molar-refractivity contribution is 1.09. The predicted molar refractivity (Wildman–Crippen MR) is 55.4 cm³/mol. The number of fused-ring (bicyclic) bond motifs is 1. The molecule has 0 nitrogen and oxygen atoms in total. The van der Waals surface area contributed by atoms with Crippen molar-refractivity contribution in [3.8, 4) is 0 Å². The van der Waals surface area contributed by atoms with Crippen LogP contribution in [0.15, 0.2) is 28.9 Å². The molecule has 0 bridgehead atoms. The normalized spacial score (nSPS) is 21.2. The highest BCUT2D eigenvalue weighted by Crippen LogP contribution is 2.36. The van der Waals surface area contributed by atoms with Crippen molar-refractivity contribution in [3.05, 3.63) is 34.7 Å². The van der Waals surface area contributed by atoms with Crippen LogP contribution in [-0.2, 0) is 0 Å². The molecule has 1 aliphatic heterocycles. The van der Waals surface area contributed by atoms with Gasteiger partial charge in [0.1, 0.15) is 0 Å². The number of rotatable bonds is 2. The zero-order chi connectivity index (χ0) is 8.55. The molecule has 1 heterocycles. The van der Waals surface area contributed by atoms with Crippen LogP contribution in [0.4, 0.5) is 0 Å². The van der Waals surface area contributed by atoms with Crippen molar-refractivity contribution in [1.82, 2.24) is 0 Å². The van der Waals surface area contributed by atoms with E-state index in [4.69, 9.17) is 0 Å². The summed E-state index contributed by atoms with van der Waals surface area (Å²) in [6.07, 6.45) is 6.77. The predicted octanol–water partition coefficient (Wildman–Crippen LogP) is 3.49. The summed E-state index contributed by atoms with van der Waals surface area (Å²) in [5, 5.41) is 1.46. The summed E-state index contributed by atoms with van der Waals surface area (Å²) in [5.74, 6) is 3.42. The summed E-state index contributed by atoms with van der Waals surface area (Å²) < 4.78 is 0. The molecule has 1 radical (unpaired) electrons. The minimum atomic E-state index is 1.12. The van der Waals surface area contributed by atoms with E-state index in [2.05, 4.69) is 31.8 Å². The van der Waals surface area contributed by atoms with E-state index in [9.17, 15) is 0 Å². The molecule has 1 heteroatoms. The van der Waals surface area contributed by atoms with Crippen LogP contribution < -0.4 is 0 Å². The van der Waals surface area contributed by atoms with Crippen LogP contribution in [0.3, 0.4) is 0 Å². The molecular weight excluding hydrogens is 163 g/mol. The van der Waals surface area contributed by atoms with Gasteiger partial charge in [-0.2, -0.15) is 0 Å². The van der Waals surface area contributed by atoms with Gasteiger partial charge < -0.3 is 0 Å². The monoisotopic (exact) mass is 175 g/mol. The number of hydrogen-bond donors (Lipinski definition) is 0. The van der Waals surface area contributed by atoms with Crippen LogP contribution in [0.25, 0.3) is 0 Å². The molecular formula is C11H12P. The van der Waals surface area contributed by atoms with Crippen molar-refractivity contribution in [2.75, 3.05) is 0 Å². The highest BCUT2D eigenvalue weighted by atomic mass is 31.1. The SMILES string of the molecule is CCC1=[C]P=C2C=CC(CC)=C12. The highest BCUT2D eigenvalue weighted by molar-refractivity contribution is 7.44. The van der Waals surface area contributed by atoms with E-state index in [0.717, 1.165) is 12.8 Å². The lowest BCUT2D eigenvalue weighted by Crippen LogP contribution is -1.93. The molecule has 61 valence electrons. The first-order chi connectivity index (χ1) is 5.86. The average Bonchev–Trinajstić information content (AvgIpc) is 2.62. The average molecular weight is 175 g/mol. The molecule has 0 N–H and O–H groups in total. The first-order valence-corrected chi connectivity index (χ1v) is 5.37. The molecule has 0 aromatic heterocycles. The molecule has 0 aromatic rings. The Morgan fingerprint density at radius 2 is 2.08 bits per heavy atom. The number of allylic oxidation sites excluding steroid dienone is 5. The largest absolute Gasteiger partial charge is 0.0613 e. The third-order valence-electron chi connectivity index (χ3n) is 2.37. The van der Waals surface area contributed by atoms with Crippen LogP contribution in [0, 0.1) is 5.82 Å². The van der Waals surface area contributed by atoms with E-state index in [1.54, 1.807) is 0 Å². The van der Waals surface area contributed by atoms with Crippen molar-refractivity contribution in [2.24, 2.45) is 0 Å². The second kappa shape index (κ2) is 3.03. The minimum Gasteiger partial charge on any atom is -0.0613 e. The van der Waals surface area contributed by atoms with Crippen LogP contribution in [-0.4, -0.2) is 5.29 Å². The Labute approximate surface area is 75.5 Å². The lowest BCUT2D eigenvalue weighted by atomic mass is 10.00. The van der Waals surface area contributed by atoms with Gasteiger partial charge in [0, 0.05) is 11.1 Å². The van der Waals surface area contributed by atoms with Gasteiger partial charge in [-0.05, 0) is 35.6 Å². The summed E-state index contributed by atoms with van der Waals surface area (Å²) in [6.45, 7) is 4.43. The van der Waals surface area contributed by atoms with Crippen molar-refractivity contribution >= 4 is 13.5 Å². The molecule has 1 aliphatic carbocycles. The lowest BCUT2D eigenvalue weighted by Gasteiger charge is -2.04. The summed E-state index contributed by atoms with van der Waals surface area (Å²) in [4.78, 5) is 0. The molecule has 0 atom stereocenters. The quantitative estimate of drug-likeness (QED) is 0.563. The smallest absolute Gasteiger partial charge is 0.0184 e. The summed E-state index contributed by atoms with van der Waals surface area (Å²) in [6, 6.07) is 0. The first kappa shape index (κ1) is 8.01. The zero-order valence-electron chi connectivity index (χ0n) is 7.52.